The standard InChI is InChI=1S/C12H17NO3/c1-7-9(11(14)15)13-10(16-7)8-5-4-6-12(8,2)3/h8H,4-6H2,1-3H3,(H,14,15). The summed E-state index contributed by atoms with van der Waals surface area (Å²) in [5.74, 6) is 0.241. The predicted molar refractivity (Wildman–Crippen MR) is 58.6 cm³/mol. The Kier molecular flexibility index (Phi) is 2.52. The van der Waals surface area contributed by atoms with Crippen molar-refractivity contribution in [3.8, 4) is 0 Å². The summed E-state index contributed by atoms with van der Waals surface area (Å²) in [6, 6.07) is 0. The lowest BCUT2D eigenvalue weighted by Crippen LogP contribution is -2.15. The molecule has 88 valence electrons. The number of nitrogens with zero attached hydrogens (tertiary/aromatic N) is 1. The van der Waals surface area contributed by atoms with Gasteiger partial charge in [-0.1, -0.05) is 20.3 Å². The molecule has 4 heteroatoms. The van der Waals surface area contributed by atoms with E-state index in [0.29, 0.717) is 11.7 Å². The van der Waals surface area contributed by atoms with Gasteiger partial charge >= 0.3 is 5.97 Å². The van der Waals surface area contributed by atoms with Crippen molar-refractivity contribution in [2.75, 3.05) is 0 Å². The van der Waals surface area contributed by atoms with Gasteiger partial charge in [-0.2, -0.15) is 0 Å². The molecule has 1 aliphatic carbocycles. The third kappa shape index (κ3) is 1.72. The van der Waals surface area contributed by atoms with Crippen LogP contribution in [0.15, 0.2) is 4.42 Å². The Morgan fingerprint density at radius 1 is 1.56 bits per heavy atom. The molecule has 1 unspecified atom stereocenters. The maximum atomic E-state index is 10.9. The van der Waals surface area contributed by atoms with Crippen LogP contribution in [0.4, 0.5) is 0 Å². The fourth-order valence-corrected chi connectivity index (χ4v) is 2.55. The quantitative estimate of drug-likeness (QED) is 0.837. The molecule has 0 spiro atoms. The van der Waals surface area contributed by atoms with Crippen molar-refractivity contribution in [3.05, 3.63) is 17.3 Å². The fraction of sp³-hybridized carbons (Fsp3) is 0.667. The van der Waals surface area contributed by atoms with Gasteiger partial charge in [0.25, 0.3) is 0 Å². The van der Waals surface area contributed by atoms with Crippen LogP contribution in [0, 0.1) is 12.3 Å². The molecule has 16 heavy (non-hydrogen) atoms. The van der Waals surface area contributed by atoms with Gasteiger partial charge in [-0.05, 0) is 25.2 Å². The molecule has 1 saturated carbocycles. The highest BCUT2D eigenvalue weighted by Gasteiger charge is 2.39. The number of carbonyl (C=O) groups is 1. The Morgan fingerprint density at radius 3 is 2.69 bits per heavy atom. The summed E-state index contributed by atoms with van der Waals surface area (Å²) < 4.78 is 5.50. The molecule has 1 aromatic heterocycles. The van der Waals surface area contributed by atoms with Crippen LogP contribution in [0.5, 0.6) is 0 Å². The second kappa shape index (κ2) is 3.61. The molecule has 0 aliphatic heterocycles. The normalized spacial score (nSPS) is 23.6. The number of rotatable bonds is 2. The first-order chi connectivity index (χ1) is 7.42. The van der Waals surface area contributed by atoms with Crippen LogP contribution in [0.25, 0.3) is 0 Å². The Hall–Kier alpha value is -1.32. The summed E-state index contributed by atoms with van der Waals surface area (Å²) in [5.41, 5.74) is 0.213. The van der Waals surface area contributed by atoms with Crippen molar-refractivity contribution < 1.29 is 14.3 Å². The van der Waals surface area contributed by atoms with Gasteiger partial charge in [-0.3, -0.25) is 0 Å². The van der Waals surface area contributed by atoms with Crippen LogP contribution in [0.2, 0.25) is 0 Å². The van der Waals surface area contributed by atoms with Crippen LogP contribution in [-0.4, -0.2) is 16.1 Å². The first-order valence-corrected chi connectivity index (χ1v) is 5.62. The zero-order valence-electron chi connectivity index (χ0n) is 9.91. The van der Waals surface area contributed by atoms with Crippen molar-refractivity contribution in [2.24, 2.45) is 5.41 Å². The number of aromatic nitrogens is 1. The van der Waals surface area contributed by atoms with E-state index in [1.165, 1.54) is 0 Å². The molecule has 0 radical (unpaired) electrons. The minimum Gasteiger partial charge on any atom is -0.476 e. The van der Waals surface area contributed by atoms with E-state index in [9.17, 15) is 4.79 Å². The van der Waals surface area contributed by atoms with Gasteiger partial charge in [0.2, 0.25) is 0 Å². The molecule has 4 nitrogen and oxygen atoms in total. The third-order valence-electron chi connectivity index (χ3n) is 3.57. The van der Waals surface area contributed by atoms with E-state index in [0.717, 1.165) is 19.3 Å². The molecule has 0 aromatic carbocycles. The summed E-state index contributed by atoms with van der Waals surface area (Å²) >= 11 is 0. The van der Waals surface area contributed by atoms with Gasteiger partial charge in [0.1, 0.15) is 5.76 Å². The maximum absolute atomic E-state index is 10.9. The zero-order valence-corrected chi connectivity index (χ0v) is 9.91. The van der Waals surface area contributed by atoms with Crippen molar-refractivity contribution >= 4 is 5.97 Å². The van der Waals surface area contributed by atoms with E-state index < -0.39 is 5.97 Å². The van der Waals surface area contributed by atoms with Crippen molar-refractivity contribution in [1.82, 2.24) is 4.98 Å². The molecule has 1 aliphatic rings. The third-order valence-corrected chi connectivity index (χ3v) is 3.57. The molecule has 2 rings (SSSR count). The van der Waals surface area contributed by atoms with E-state index in [4.69, 9.17) is 9.52 Å². The monoisotopic (exact) mass is 223 g/mol. The van der Waals surface area contributed by atoms with E-state index >= 15 is 0 Å². The summed E-state index contributed by atoms with van der Waals surface area (Å²) in [7, 11) is 0. The lowest BCUT2D eigenvalue weighted by molar-refractivity contribution is 0.0689. The molecule has 1 fully saturated rings. The smallest absolute Gasteiger partial charge is 0.358 e. The van der Waals surface area contributed by atoms with E-state index in [1.807, 2.05) is 0 Å². The highest BCUT2D eigenvalue weighted by atomic mass is 16.4. The number of oxazole rings is 1. The second-order valence-electron chi connectivity index (χ2n) is 5.20. The van der Waals surface area contributed by atoms with Gasteiger partial charge < -0.3 is 9.52 Å². The molecule has 1 aromatic rings. The van der Waals surface area contributed by atoms with Crippen molar-refractivity contribution in [3.63, 3.8) is 0 Å². The average molecular weight is 223 g/mol. The Bertz CT molecular complexity index is 420. The molecule has 0 bridgehead atoms. The maximum Gasteiger partial charge on any atom is 0.358 e. The number of carboxylic acid groups (broad SMARTS) is 1. The lowest BCUT2D eigenvalue weighted by atomic mass is 9.82. The summed E-state index contributed by atoms with van der Waals surface area (Å²) in [6.45, 7) is 6.02. The lowest BCUT2D eigenvalue weighted by Gasteiger charge is -2.23. The van der Waals surface area contributed by atoms with Crippen LogP contribution < -0.4 is 0 Å². The molecular weight excluding hydrogens is 206 g/mol. The zero-order chi connectivity index (χ0) is 11.9. The Labute approximate surface area is 94.7 Å². The number of aromatic carboxylic acids is 1. The fourth-order valence-electron chi connectivity index (χ4n) is 2.55. The van der Waals surface area contributed by atoms with Gasteiger partial charge in [0.15, 0.2) is 11.6 Å². The summed E-state index contributed by atoms with van der Waals surface area (Å²) in [5, 5.41) is 8.93. The number of hydrogen-bond acceptors (Lipinski definition) is 3. The molecule has 1 atom stereocenters. The van der Waals surface area contributed by atoms with Gasteiger partial charge in [-0.25, -0.2) is 9.78 Å². The summed E-state index contributed by atoms with van der Waals surface area (Å²) in [6.07, 6.45) is 3.33. The minimum absolute atomic E-state index is 0.0534. The minimum atomic E-state index is -1.01. The second-order valence-corrected chi connectivity index (χ2v) is 5.20. The number of aryl methyl sites for hydroxylation is 1. The van der Waals surface area contributed by atoms with Gasteiger partial charge in [-0.15, -0.1) is 0 Å². The van der Waals surface area contributed by atoms with Crippen molar-refractivity contribution in [2.45, 2.75) is 46.0 Å². The van der Waals surface area contributed by atoms with Crippen molar-refractivity contribution in [1.29, 1.82) is 0 Å². The first-order valence-electron chi connectivity index (χ1n) is 5.62. The van der Waals surface area contributed by atoms with E-state index in [1.54, 1.807) is 6.92 Å². The number of hydrogen-bond donors (Lipinski definition) is 1. The molecule has 0 saturated heterocycles. The first kappa shape index (κ1) is 11.2. The molecule has 0 amide bonds. The Balaban J connectivity index is 2.35. The topological polar surface area (TPSA) is 63.3 Å². The highest BCUT2D eigenvalue weighted by Crippen LogP contribution is 2.48. The molecular formula is C12H17NO3. The molecule has 1 heterocycles. The SMILES string of the molecule is Cc1oc(C2CCCC2(C)C)nc1C(=O)O. The largest absolute Gasteiger partial charge is 0.476 e. The van der Waals surface area contributed by atoms with Gasteiger partial charge in [0.05, 0.1) is 0 Å². The van der Waals surface area contributed by atoms with Gasteiger partial charge in [0, 0.05) is 5.92 Å². The van der Waals surface area contributed by atoms with Crippen LogP contribution in [0.1, 0.15) is 61.2 Å². The molecule has 1 N–H and O–H groups in total. The van der Waals surface area contributed by atoms with Crippen LogP contribution in [0.3, 0.4) is 0 Å². The summed E-state index contributed by atoms with van der Waals surface area (Å²) in [4.78, 5) is 15.0. The van der Waals surface area contributed by atoms with Crippen LogP contribution in [-0.2, 0) is 0 Å². The Morgan fingerprint density at radius 2 is 2.25 bits per heavy atom. The van der Waals surface area contributed by atoms with E-state index in [2.05, 4.69) is 18.8 Å². The predicted octanol–water partition coefficient (Wildman–Crippen LogP) is 2.97. The highest BCUT2D eigenvalue weighted by molar-refractivity contribution is 5.86. The van der Waals surface area contributed by atoms with Crippen LogP contribution >= 0.6 is 0 Å². The van der Waals surface area contributed by atoms with E-state index in [-0.39, 0.29) is 17.0 Å². The average Bonchev–Trinajstić information content (AvgIpc) is 2.68. The number of carboxylic acids is 1.